The summed E-state index contributed by atoms with van der Waals surface area (Å²) < 4.78 is 10.9. The Balaban J connectivity index is 0.00000256. The number of rotatable bonds is 8. The smallest absolute Gasteiger partial charge is 0.233 e. The summed E-state index contributed by atoms with van der Waals surface area (Å²) in [4.78, 5) is 11.1. The largest absolute Gasteiger partial charge is 0.379 e. The van der Waals surface area contributed by atoms with E-state index in [4.69, 9.17) is 9.47 Å². The third-order valence-corrected chi connectivity index (χ3v) is 2.45. The van der Waals surface area contributed by atoms with Crippen LogP contribution in [0.1, 0.15) is 19.3 Å². The molecule has 1 amide bonds. The molecule has 0 radical (unpaired) electrons. The molecule has 0 aromatic heterocycles. The van der Waals surface area contributed by atoms with Crippen LogP contribution in [-0.2, 0) is 14.3 Å². The average Bonchev–Trinajstić information content (AvgIpc) is 2.76. The van der Waals surface area contributed by atoms with Gasteiger partial charge in [0.1, 0.15) is 0 Å². The zero-order valence-corrected chi connectivity index (χ0v) is 11.2. The van der Waals surface area contributed by atoms with Crippen molar-refractivity contribution in [2.45, 2.75) is 25.4 Å². The van der Waals surface area contributed by atoms with Crippen molar-refractivity contribution in [2.75, 3.05) is 40.0 Å². The van der Waals surface area contributed by atoms with Gasteiger partial charge >= 0.3 is 0 Å². The number of hydrogen-bond acceptors (Lipinski definition) is 4. The topological polar surface area (TPSA) is 59.6 Å². The standard InChI is InChI=1S/C11H22N2O3.ClH/c1-12-8-11(14)13-5-3-6-15-9-10-4-2-7-16-10;/h10,12H,2-9H2,1H3,(H,13,14);1H. The summed E-state index contributed by atoms with van der Waals surface area (Å²) in [5, 5.41) is 5.60. The third kappa shape index (κ3) is 8.37. The predicted octanol–water partition coefficient (Wildman–Crippen LogP) is 0.329. The van der Waals surface area contributed by atoms with Crippen LogP contribution in [0.4, 0.5) is 0 Å². The van der Waals surface area contributed by atoms with Gasteiger partial charge < -0.3 is 20.1 Å². The van der Waals surface area contributed by atoms with Crippen molar-refractivity contribution in [1.29, 1.82) is 0 Å². The van der Waals surface area contributed by atoms with Crippen molar-refractivity contribution < 1.29 is 14.3 Å². The molecule has 0 saturated carbocycles. The van der Waals surface area contributed by atoms with Crippen LogP contribution < -0.4 is 10.6 Å². The summed E-state index contributed by atoms with van der Waals surface area (Å²) in [6.45, 7) is 3.28. The summed E-state index contributed by atoms with van der Waals surface area (Å²) in [7, 11) is 1.75. The van der Waals surface area contributed by atoms with Crippen LogP contribution in [0.25, 0.3) is 0 Å². The van der Waals surface area contributed by atoms with E-state index < -0.39 is 0 Å². The first-order valence-corrected chi connectivity index (χ1v) is 5.93. The van der Waals surface area contributed by atoms with Gasteiger partial charge in [-0.05, 0) is 26.3 Å². The summed E-state index contributed by atoms with van der Waals surface area (Å²) in [6.07, 6.45) is 3.40. The number of carbonyl (C=O) groups excluding carboxylic acids is 1. The predicted molar refractivity (Wildman–Crippen MR) is 68.6 cm³/mol. The lowest BCUT2D eigenvalue weighted by molar-refractivity contribution is -0.120. The maximum atomic E-state index is 11.1. The van der Waals surface area contributed by atoms with Gasteiger partial charge in [-0.25, -0.2) is 0 Å². The monoisotopic (exact) mass is 266 g/mol. The number of nitrogens with one attached hydrogen (secondary N) is 2. The lowest BCUT2D eigenvalue weighted by Crippen LogP contribution is -2.33. The quantitative estimate of drug-likeness (QED) is 0.622. The van der Waals surface area contributed by atoms with Crippen molar-refractivity contribution in [3.63, 3.8) is 0 Å². The molecule has 0 aromatic carbocycles. The van der Waals surface area contributed by atoms with Crippen LogP contribution >= 0.6 is 12.4 Å². The van der Waals surface area contributed by atoms with E-state index in [2.05, 4.69) is 10.6 Å². The van der Waals surface area contributed by atoms with Crippen molar-refractivity contribution >= 4 is 18.3 Å². The number of halogens is 1. The fourth-order valence-corrected chi connectivity index (χ4v) is 1.62. The zero-order chi connectivity index (χ0) is 11.6. The second-order valence-electron chi connectivity index (χ2n) is 3.94. The molecule has 1 fully saturated rings. The molecule has 1 aliphatic heterocycles. The average molecular weight is 267 g/mol. The minimum atomic E-state index is 0. The minimum Gasteiger partial charge on any atom is -0.379 e. The molecule has 0 spiro atoms. The van der Waals surface area contributed by atoms with Crippen molar-refractivity contribution in [3.8, 4) is 0 Å². The molecule has 1 unspecified atom stereocenters. The van der Waals surface area contributed by atoms with Crippen molar-refractivity contribution in [2.24, 2.45) is 0 Å². The van der Waals surface area contributed by atoms with E-state index in [-0.39, 0.29) is 18.3 Å². The van der Waals surface area contributed by atoms with Gasteiger partial charge in [-0.3, -0.25) is 4.79 Å². The highest BCUT2D eigenvalue weighted by Gasteiger charge is 2.14. The highest BCUT2D eigenvalue weighted by atomic mass is 35.5. The lowest BCUT2D eigenvalue weighted by atomic mass is 10.2. The molecular weight excluding hydrogens is 244 g/mol. The molecule has 102 valence electrons. The molecule has 0 aliphatic carbocycles. The van der Waals surface area contributed by atoms with Gasteiger partial charge in [-0.15, -0.1) is 12.4 Å². The highest BCUT2D eigenvalue weighted by Crippen LogP contribution is 2.11. The Morgan fingerprint density at radius 2 is 2.35 bits per heavy atom. The Morgan fingerprint density at radius 3 is 3.00 bits per heavy atom. The van der Waals surface area contributed by atoms with Crippen LogP contribution in [0, 0.1) is 0 Å². The number of carbonyl (C=O) groups is 1. The van der Waals surface area contributed by atoms with Gasteiger partial charge in [0.25, 0.3) is 0 Å². The van der Waals surface area contributed by atoms with E-state index in [1.165, 1.54) is 0 Å². The van der Waals surface area contributed by atoms with E-state index >= 15 is 0 Å². The Morgan fingerprint density at radius 1 is 1.53 bits per heavy atom. The first kappa shape index (κ1) is 16.6. The molecule has 0 aromatic rings. The van der Waals surface area contributed by atoms with Gasteiger partial charge in [-0.2, -0.15) is 0 Å². The molecule has 17 heavy (non-hydrogen) atoms. The van der Waals surface area contributed by atoms with Gasteiger partial charge in [-0.1, -0.05) is 0 Å². The van der Waals surface area contributed by atoms with Crippen molar-refractivity contribution in [3.05, 3.63) is 0 Å². The Hall–Kier alpha value is -0.360. The molecule has 1 atom stereocenters. The van der Waals surface area contributed by atoms with Gasteiger partial charge in [0.05, 0.1) is 19.3 Å². The van der Waals surface area contributed by atoms with Crippen LogP contribution in [0.2, 0.25) is 0 Å². The highest BCUT2D eigenvalue weighted by molar-refractivity contribution is 5.85. The van der Waals surface area contributed by atoms with E-state index in [9.17, 15) is 4.79 Å². The molecule has 5 nitrogen and oxygen atoms in total. The van der Waals surface area contributed by atoms with Crippen LogP contribution in [0.3, 0.4) is 0 Å². The summed E-state index contributed by atoms with van der Waals surface area (Å²) in [6, 6.07) is 0. The van der Waals surface area contributed by atoms with Crippen LogP contribution in [0.15, 0.2) is 0 Å². The molecule has 1 aliphatic rings. The number of ether oxygens (including phenoxy) is 2. The molecule has 1 saturated heterocycles. The molecule has 1 heterocycles. The van der Waals surface area contributed by atoms with E-state index in [0.717, 1.165) is 25.9 Å². The van der Waals surface area contributed by atoms with Crippen LogP contribution in [0.5, 0.6) is 0 Å². The summed E-state index contributed by atoms with van der Waals surface area (Å²) in [5.74, 6) is 0.0293. The van der Waals surface area contributed by atoms with E-state index in [1.807, 2.05) is 0 Å². The molecule has 1 rings (SSSR count). The van der Waals surface area contributed by atoms with Crippen LogP contribution in [-0.4, -0.2) is 52.0 Å². The summed E-state index contributed by atoms with van der Waals surface area (Å²) in [5.41, 5.74) is 0. The van der Waals surface area contributed by atoms with Crippen molar-refractivity contribution in [1.82, 2.24) is 10.6 Å². The normalized spacial score (nSPS) is 18.8. The fraction of sp³-hybridized carbons (Fsp3) is 0.909. The fourth-order valence-electron chi connectivity index (χ4n) is 1.62. The molecular formula is C11H23ClN2O3. The third-order valence-electron chi connectivity index (χ3n) is 2.45. The first-order valence-electron chi connectivity index (χ1n) is 5.93. The maximum Gasteiger partial charge on any atom is 0.233 e. The maximum absolute atomic E-state index is 11.1. The van der Waals surface area contributed by atoms with E-state index in [1.54, 1.807) is 7.05 Å². The molecule has 0 bridgehead atoms. The van der Waals surface area contributed by atoms with E-state index in [0.29, 0.717) is 32.4 Å². The number of likely N-dealkylation sites (N-methyl/N-ethyl adjacent to an activating group) is 1. The lowest BCUT2D eigenvalue weighted by Gasteiger charge is -2.10. The zero-order valence-electron chi connectivity index (χ0n) is 10.4. The number of amides is 1. The van der Waals surface area contributed by atoms with Gasteiger partial charge in [0.2, 0.25) is 5.91 Å². The van der Waals surface area contributed by atoms with Gasteiger partial charge in [0.15, 0.2) is 0 Å². The minimum absolute atomic E-state index is 0. The second-order valence-corrected chi connectivity index (χ2v) is 3.94. The Kier molecular flexibility index (Phi) is 10.5. The SMILES string of the molecule is CNCC(=O)NCCCOCC1CCCO1.Cl. The first-order chi connectivity index (χ1) is 7.83. The second kappa shape index (κ2) is 10.8. The number of hydrogen-bond donors (Lipinski definition) is 2. The Bertz CT molecular complexity index is 199. The molecule has 2 N–H and O–H groups in total. The summed E-state index contributed by atoms with van der Waals surface area (Å²) >= 11 is 0. The van der Waals surface area contributed by atoms with Gasteiger partial charge in [0, 0.05) is 19.8 Å². The Labute approximate surface area is 109 Å². The molecule has 6 heteroatoms.